The topological polar surface area (TPSA) is 66.8 Å². The summed E-state index contributed by atoms with van der Waals surface area (Å²) in [5, 5.41) is 9.90. The summed E-state index contributed by atoms with van der Waals surface area (Å²) in [5.74, 6) is -1.36. The second-order valence-corrected chi connectivity index (χ2v) is 5.68. The summed E-state index contributed by atoms with van der Waals surface area (Å²) >= 11 is 0. The highest BCUT2D eigenvalue weighted by Crippen LogP contribution is 2.45. The van der Waals surface area contributed by atoms with Gasteiger partial charge < -0.3 is 14.7 Å². The maximum absolute atomic E-state index is 12.9. The minimum Gasteiger partial charge on any atom is -0.496 e. The van der Waals surface area contributed by atoms with Crippen molar-refractivity contribution in [2.45, 2.75) is 18.9 Å². The van der Waals surface area contributed by atoms with Crippen LogP contribution < -0.4 is 4.74 Å². The van der Waals surface area contributed by atoms with E-state index in [0.717, 1.165) is 0 Å². The third kappa shape index (κ3) is 2.42. The molecule has 2 aromatic rings. The van der Waals surface area contributed by atoms with Crippen LogP contribution in [0.2, 0.25) is 0 Å². The SMILES string of the molecule is CCN1C(=O)c2ccccc2C(C(=O)O)C1c1ccccc1OC. The van der Waals surface area contributed by atoms with Gasteiger partial charge in [0, 0.05) is 17.7 Å². The summed E-state index contributed by atoms with van der Waals surface area (Å²) in [6, 6.07) is 13.6. The Morgan fingerprint density at radius 2 is 1.75 bits per heavy atom. The second kappa shape index (κ2) is 6.35. The molecule has 0 saturated heterocycles. The third-order valence-corrected chi connectivity index (χ3v) is 4.50. The van der Waals surface area contributed by atoms with E-state index in [2.05, 4.69) is 0 Å². The number of likely N-dealkylation sites (N-methyl/N-ethyl adjacent to an activating group) is 1. The molecule has 2 aromatic carbocycles. The molecule has 1 aliphatic heterocycles. The van der Waals surface area contributed by atoms with E-state index < -0.39 is 17.9 Å². The lowest BCUT2D eigenvalue weighted by molar-refractivity contribution is -0.140. The number of para-hydroxylation sites is 1. The van der Waals surface area contributed by atoms with Crippen molar-refractivity contribution < 1.29 is 19.4 Å². The number of nitrogens with zero attached hydrogens (tertiary/aromatic N) is 1. The molecule has 5 heteroatoms. The Balaban J connectivity index is 2.25. The van der Waals surface area contributed by atoms with Gasteiger partial charge in [-0.1, -0.05) is 36.4 Å². The smallest absolute Gasteiger partial charge is 0.313 e. The van der Waals surface area contributed by atoms with Crippen LogP contribution in [-0.4, -0.2) is 35.5 Å². The van der Waals surface area contributed by atoms with Crippen molar-refractivity contribution in [1.29, 1.82) is 0 Å². The standard InChI is InChI=1S/C19H19NO4/c1-3-20-17(14-10-6-7-11-15(14)24-2)16(19(22)23)12-8-4-5-9-13(12)18(20)21/h4-11,16-17H,3H2,1-2H3,(H,22,23). The molecule has 0 saturated carbocycles. The average Bonchev–Trinajstić information content (AvgIpc) is 2.61. The van der Waals surface area contributed by atoms with E-state index in [1.54, 1.807) is 42.3 Å². The predicted octanol–water partition coefficient (Wildman–Crippen LogP) is 3.08. The van der Waals surface area contributed by atoms with Crippen LogP contribution in [0.25, 0.3) is 0 Å². The van der Waals surface area contributed by atoms with Gasteiger partial charge in [-0.2, -0.15) is 0 Å². The van der Waals surface area contributed by atoms with Gasteiger partial charge in [-0.3, -0.25) is 9.59 Å². The molecule has 1 amide bonds. The highest BCUT2D eigenvalue weighted by Gasteiger charge is 2.44. The monoisotopic (exact) mass is 325 g/mol. The van der Waals surface area contributed by atoms with E-state index in [9.17, 15) is 14.7 Å². The van der Waals surface area contributed by atoms with Crippen molar-refractivity contribution in [3.05, 3.63) is 65.2 Å². The average molecular weight is 325 g/mol. The highest BCUT2D eigenvalue weighted by molar-refractivity contribution is 6.00. The van der Waals surface area contributed by atoms with Crippen LogP contribution in [0.15, 0.2) is 48.5 Å². The minimum atomic E-state index is -0.954. The van der Waals surface area contributed by atoms with Gasteiger partial charge in [0.25, 0.3) is 5.91 Å². The van der Waals surface area contributed by atoms with E-state index in [-0.39, 0.29) is 5.91 Å². The molecule has 2 unspecified atom stereocenters. The first kappa shape index (κ1) is 16.1. The molecule has 24 heavy (non-hydrogen) atoms. The molecule has 0 bridgehead atoms. The van der Waals surface area contributed by atoms with Crippen LogP contribution >= 0.6 is 0 Å². The molecule has 1 N–H and O–H groups in total. The number of amides is 1. The maximum Gasteiger partial charge on any atom is 0.313 e. The Hall–Kier alpha value is -2.82. The fourth-order valence-electron chi connectivity index (χ4n) is 3.46. The molecule has 5 nitrogen and oxygen atoms in total. The van der Waals surface area contributed by atoms with Crippen molar-refractivity contribution in [2.24, 2.45) is 0 Å². The molecule has 0 fully saturated rings. The number of benzene rings is 2. The Labute approximate surface area is 140 Å². The summed E-state index contributed by atoms with van der Waals surface area (Å²) in [6.07, 6.45) is 0. The fourth-order valence-corrected chi connectivity index (χ4v) is 3.46. The van der Waals surface area contributed by atoms with Crippen LogP contribution in [0, 0.1) is 0 Å². The first-order valence-electron chi connectivity index (χ1n) is 7.85. The van der Waals surface area contributed by atoms with E-state index in [1.165, 1.54) is 0 Å². The number of carboxylic acids is 1. The van der Waals surface area contributed by atoms with Crippen molar-refractivity contribution in [3.8, 4) is 5.75 Å². The second-order valence-electron chi connectivity index (χ2n) is 5.68. The van der Waals surface area contributed by atoms with Gasteiger partial charge in [0.2, 0.25) is 0 Å². The number of rotatable bonds is 4. The fraction of sp³-hybridized carbons (Fsp3) is 0.263. The molecular formula is C19H19NO4. The van der Waals surface area contributed by atoms with Crippen LogP contribution in [0.5, 0.6) is 5.75 Å². The van der Waals surface area contributed by atoms with E-state index in [0.29, 0.717) is 29.0 Å². The molecule has 1 aliphatic rings. The van der Waals surface area contributed by atoms with Crippen molar-refractivity contribution in [2.75, 3.05) is 13.7 Å². The van der Waals surface area contributed by atoms with E-state index >= 15 is 0 Å². The van der Waals surface area contributed by atoms with Gasteiger partial charge in [0.15, 0.2) is 0 Å². The van der Waals surface area contributed by atoms with Crippen LogP contribution in [0.3, 0.4) is 0 Å². The number of carbonyl (C=O) groups is 2. The van der Waals surface area contributed by atoms with Gasteiger partial charge >= 0.3 is 5.97 Å². The Bertz CT molecular complexity index is 786. The van der Waals surface area contributed by atoms with Gasteiger partial charge in [-0.25, -0.2) is 0 Å². The molecule has 0 radical (unpaired) electrons. The molecule has 0 aliphatic carbocycles. The van der Waals surface area contributed by atoms with Crippen molar-refractivity contribution in [3.63, 3.8) is 0 Å². The lowest BCUT2D eigenvalue weighted by Crippen LogP contribution is -2.44. The molecular weight excluding hydrogens is 306 g/mol. The summed E-state index contributed by atoms with van der Waals surface area (Å²) in [6.45, 7) is 2.27. The summed E-state index contributed by atoms with van der Waals surface area (Å²) in [4.78, 5) is 26.6. The third-order valence-electron chi connectivity index (χ3n) is 4.50. The minimum absolute atomic E-state index is 0.151. The van der Waals surface area contributed by atoms with Crippen LogP contribution in [0.4, 0.5) is 0 Å². The van der Waals surface area contributed by atoms with Gasteiger partial charge in [-0.05, 0) is 24.6 Å². The van der Waals surface area contributed by atoms with Crippen LogP contribution in [0.1, 0.15) is 40.4 Å². The van der Waals surface area contributed by atoms with E-state index in [4.69, 9.17) is 4.74 Å². The number of ether oxygens (including phenoxy) is 1. The normalized spacial score (nSPS) is 19.8. The number of carbonyl (C=O) groups excluding carboxylic acids is 1. The zero-order valence-electron chi connectivity index (χ0n) is 13.6. The number of fused-ring (bicyclic) bond motifs is 1. The van der Waals surface area contributed by atoms with Gasteiger partial charge in [-0.15, -0.1) is 0 Å². The largest absolute Gasteiger partial charge is 0.496 e. The first-order valence-corrected chi connectivity index (χ1v) is 7.85. The van der Waals surface area contributed by atoms with Gasteiger partial charge in [0.1, 0.15) is 11.7 Å². The summed E-state index contributed by atoms with van der Waals surface area (Å²) in [7, 11) is 1.55. The number of carboxylic acid groups (broad SMARTS) is 1. The molecule has 0 spiro atoms. The van der Waals surface area contributed by atoms with Crippen molar-refractivity contribution >= 4 is 11.9 Å². The zero-order chi connectivity index (χ0) is 17.3. The molecule has 124 valence electrons. The number of methoxy groups -OCH3 is 1. The number of aliphatic carboxylic acids is 1. The predicted molar refractivity (Wildman–Crippen MR) is 89.3 cm³/mol. The summed E-state index contributed by atoms with van der Waals surface area (Å²) in [5.41, 5.74) is 1.71. The molecule has 1 heterocycles. The van der Waals surface area contributed by atoms with E-state index in [1.807, 2.05) is 25.1 Å². The number of hydrogen-bond acceptors (Lipinski definition) is 3. The Morgan fingerprint density at radius 1 is 1.12 bits per heavy atom. The number of hydrogen-bond donors (Lipinski definition) is 1. The quantitative estimate of drug-likeness (QED) is 0.938. The zero-order valence-corrected chi connectivity index (χ0v) is 13.6. The van der Waals surface area contributed by atoms with Gasteiger partial charge in [0.05, 0.1) is 13.2 Å². The molecule has 3 rings (SSSR count). The summed E-state index contributed by atoms with van der Waals surface area (Å²) < 4.78 is 5.41. The molecule has 0 aromatic heterocycles. The lowest BCUT2D eigenvalue weighted by Gasteiger charge is -2.40. The van der Waals surface area contributed by atoms with Crippen LogP contribution in [-0.2, 0) is 4.79 Å². The lowest BCUT2D eigenvalue weighted by atomic mass is 9.79. The van der Waals surface area contributed by atoms with Crippen molar-refractivity contribution in [1.82, 2.24) is 4.90 Å². The maximum atomic E-state index is 12.9. The Morgan fingerprint density at radius 3 is 2.38 bits per heavy atom. The highest BCUT2D eigenvalue weighted by atomic mass is 16.5. The molecule has 2 atom stereocenters. The Kier molecular flexibility index (Phi) is 4.25. The first-order chi connectivity index (χ1) is 11.6.